The zero-order chi connectivity index (χ0) is 30.2. The molecule has 14 nitrogen and oxygen atoms in total. The monoisotopic (exact) mass is 582 g/mol. The van der Waals surface area contributed by atoms with Crippen LogP contribution in [0.25, 0.3) is 0 Å². The van der Waals surface area contributed by atoms with Crippen molar-refractivity contribution in [2.75, 3.05) is 34.5 Å². The van der Waals surface area contributed by atoms with Crippen molar-refractivity contribution in [3.05, 3.63) is 34.9 Å². The average Bonchev–Trinajstić information content (AvgIpc) is 2.96. The van der Waals surface area contributed by atoms with Gasteiger partial charge >= 0.3 is 5.97 Å². The smallest absolute Gasteiger partial charge is 0.335 e. The van der Waals surface area contributed by atoms with Gasteiger partial charge in [0.25, 0.3) is 0 Å². The van der Waals surface area contributed by atoms with Gasteiger partial charge in [0.1, 0.15) is 18.3 Å². The van der Waals surface area contributed by atoms with Crippen LogP contribution >= 0.6 is 0 Å². The van der Waals surface area contributed by atoms with E-state index in [9.17, 15) is 45.6 Å². The molecule has 1 aliphatic heterocycles. The first kappa shape index (κ1) is 30.4. The van der Waals surface area contributed by atoms with Gasteiger partial charge in [-0.25, -0.2) is 4.79 Å². The fraction of sp³-hybridized carbons (Fsp3) is 0.519. The van der Waals surface area contributed by atoms with E-state index in [1.54, 1.807) is 0 Å². The molecule has 0 spiro atoms. The number of phenols is 3. The van der Waals surface area contributed by atoms with Gasteiger partial charge in [-0.05, 0) is 47.6 Å². The third-order valence-corrected chi connectivity index (χ3v) is 7.77. The summed E-state index contributed by atoms with van der Waals surface area (Å²) < 4.78 is 26.9. The molecule has 2 aliphatic rings. The third-order valence-electron chi connectivity index (χ3n) is 7.77. The van der Waals surface area contributed by atoms with Gasteiger partial charge in [0.2, 0.25) is 11.5 Å². The van der Waals surface area contributed by atoms with Crippen LogP contribution in [0, 0.1) is 11.8 Å². The number of rotatable bonds is 9. The fourth-order valence-corrected chi connectivity index (χ4v) is 5.63. The first-order valence-electron chi connectivity index (χ1n) is 12.7. The van der Waals surface area contributed by atoms with Crippen LogP contribution < -0.4 is 14.2 Å². The number of carboxylic acids is 1. The van der Waals surface area contributed by atoms with Crippen LogP contribution in [0.5, 0.6) is 34.5 Å². The number of aliphatic carboxylic acids is 1. The van der Waals surface area contributed by atoms with Crippen LogP contribution in [0.15, 0.2) is 18.2 Å². The van der Waals surface area contributed by atoms with E-state index < -0.39 is 65.9 Å². The zero-order valence-electron chi connectivity index (χ0n) is 22.5. The van der Waals surface area contributed by atoms with Gasteiger partial charge in [-0.2, -0.15) is 0 Å². The maximum atomic E-state index is 11.5. The number of aromatic hydroxyl groups is 3. The highest BCUT2D eigenvalue weighted by Gasteiger charge is 2.49. The van der Waals surface area contributed by atoms with E-state index in [-0.39, 0.29) is 48.2 Å². The van der Waals surface area contributed by atoms with Gasteiger partial charge in [-0.3, -0.25) is 0 Å². The first-order chi connectivity index (χ1) is 19.5. The van der Waals surface area contributed by atoms with Crippen molar-refractivity contribution in [2.24, 2.45) is 11.8 Å². The standard InChI is InChI=1S/C27H34O14/c1-37-14-6-11(7-15(38-2)19(14)29)17-13(9-40-27-24(34)22(32)23(33)25(41-27)26(35)36)12(8-28)4-10-5-16(39-3)20(30)21(31)18(10)17/h5-7,12-13,17,22-25,27-34H,4,8-9H2,1-3H3,(H,35,36)/t12-,13-,17-,22-,23-,24+,25-,27-/m0/s1. The second-order valence-electron chi connectivity index (χ2n) is 9.98. The molecular weight excluding hydrogens is 548 g/mol. The quantitative estimate of drug-likeness (QED) is 0.177. The van der Waals surface area contributed by atoms with E-state index in [0.29, 0.717) is 11.1 Å². The molecule has 1 fully saturated rings. The molecule has 8 atom stereocenters. The molecule has 41 heavy (non-hydrogen) atoms. The van der Waals surface area contributed by atoms with Gasteiger partial charge in [-0.15, -0.1) is 0 Å². The third kappa shape index (κ3) is 5.41. The molecule has 1 saturated heterocycles. The molecule has 8 N–H and O–H groups in total. The summed E-state index contributed by atoms with van der Waals surface area (Å²) in [5.74, 6) is -4.93. The van der Waals surface area contributed by atoms with Crippen LogP contribution in [0.3, 0.4) is 0 Å². The number of hydrogen-bond donors (Lipinski definition) is 8. The number of carboxylic acid groups (broad SMARTS) is 1. The number of aliphatic hydroxyl groups is 4. The first-order valence-corrected chi connectivity index (χ1v) is 12.7. The molecular formula is C27H34O14. The summed E-state index contributed by atoms with van der Waals surface area (Å²) in [6, 6.07) is 4.52. The maximum Gasteiger partial charge on any atom is 0.335 e. The number of fused-ring (bicyclic) bond motifs is 1. The molecule has 226 valence electrons. The van der Waals surface area contributed by atoms with Crippen molar-refractivity contribution in [1.82, 2.24) is 0 Å². The van der Waals surface area contributed by atoms with Crippen LogP contribution in [-0.4, -0.2) is 112 Å². The predicted octanol–water partition coefficient (Wildman–Crippen LogP) is -0.349. The van der Waals surface area contributed by atoms with E-state index >= 15 is 0 Å². The van der Waals surface area contributed by atoms with E-state index in [4.69, 9.17) is 23.7 Å². The van der Waals surface area contributed by atoms with Gasteiger partial charge in [0.05, 0.1) is 27.9 Å². The number of benzene rings is 2. The van der Waals surface area contributed by atoms with Gasteiger partial charge in [0, 0.05) is 18.1 Å². The Bertz CT molecular complexity index is 1240. The number of aliphatic hydroxyl groups excluding tert-OH is 4. The number of carbonyl (C=O) groups is 1. The van der Waals surface area contributed by atoms with Crippen molar-refractivity contribution in [1.29, 1.82) is 0 Å². The summed E-state index contributed by atoms with van der Waals surface area (Å²) in [4.78, 5) is 11.5. The highest BCUT2D eigenvalue weighted by atomic mass is 16.7. The van der Waals surface area contributed by atoms with Gasteiger partial charge in [-0.1, -0.05) is 0 Å². The second-order valence-corrected chi connectivity index (χ2v) is 9.98. The van der Waals surface area contributed by atoms with Crippen LogP contribution in [0.1, 0.15) is 22.6 Å². The summed E-state index contributed by atoms with van der Waals surface area (Å²) in [7, 11) is 3.99. The molecule has 14 heteroatoms. The number of hydrogen-bond acceptors (Lipinski definition) is 13. The summed E-state index contributed by atoms with van der Waals surface area (Å²) in [5.41, 5.74) is 1.23. The van der Waals surface area contributed by atoms with Crippen molar-refractivity contribution < 1.29 is 69.3 Å². The lowest BCUT2D eigenvalue weighted by Gasteiger charge is -2.42. The van der Waals surface area contributed by atoms with Crippen molar-refractivity contribution in [2.45, 2.75) is 43.0 Å². The zero-order valence-corrected chi connectivity index (χ0v) is 22.5. The number of ether oxygens (including phenoxy) is 5. The highest BCUT2D eigenvalue weighted by Crippen LogP contribution is 2.54. The number of phenolic OH excluding ortho intramolecular Hbond substituents is 3. The van der Waals surface area contributed by atoms with Crippen LogP contribution in [0.4, 0.5) is 0 Å². The molecule has 0 aromatic heterocycles. The molecule has 0 unspecified atom stereocenters. The molecule has 1 aliphatic carbocycles. The normalized spacial score (nSPS) is 29.4. The second kappa shape index (κ2) is 12.1. The average molecular weight is 583 g/mol. The lowest BCUT2D eigenvalue weighted by atomic mass is 9.66. The lowest BCUT2D eigenvalue weighted by molar-refractivity contribution is -0.297. The molecule has 4 rings (SSSR count). The van der Waals surface area contributed by atoms with Crippen molar-refractivity contribution in [3.8, 4) is 34.5 Å². The molecule has 0 radical (unpaired) electrons. The largest absolute Gasteiger partial charge is 0.504 e. The minimum absolute atomic E-state index is 0.0123. The maximum absolute atomic E-state index is 11.5. The topological polar surface area (TPSA) is 225 Å². The Morgan fingerprint density at radius 3 is 2.00 bits per heavy atom. The van der Waals surface area contributed by atoms with Gasteiger partial charge < -0.3 is 64.5 Å². The van der Waals surface area contributed by atoms with E-state index in [1.165, 1.54) is 39.5 Å². The van der Waals surface area contributed by atoms with Crippen molar-refractivity contribution >= 4 is 5.97 Å². The Balaban J connectivity index is 1.82. The Labute approximate surface area is 234 Å². The molecule has 0 bridgehead atoms. The van der Waals surface area contributed by atoms with Crippen LogP contribution in [-0.2, 0) is 20.7 Å². The molecule has 0 amide bonds. The summed E-state index contributed by atoms with van der Waals surface area (Å²) in [5, 5.41) is 82.8. The Kier molecular flexibility index (Phi) is 9.01. The van der Waals surface area contributed by atoms with E-state index in [2.05, 4.69) is 0 Å². The molecule has 0 saturated carbocycles. The van der Waals surface area contributed by atoms with Crippen molar-refractivity contribution in [3.63, 3.8) is 0 Å². The number of methoxy groups -OCH3 is 3. The van der Waals surface area contributed by atoms with E-state index in [1.807, 2.05) is 0 Å². The Morgan fingerprint density at radius 1 is 0.878 bits per heavy atom. The minimum Gasteiger partial charge on any atom is -0.504 e. The fourth-order valence-electron chi connectivity index (χ4n) is 5.63. The molecule has 2 aromatic carbocycles. The Morgan fingerprint density at radius 2 is 1.46 bits per heavy atom. The van der Waals surface area contributed by atoms with Crippen LogP contribution in [0.2, 0.25) is 0 Å². The highest BCUT2D eigenvalue weighted by molar-refractivity contribution is 5.73. The summed E-state index contributed by atoms with van der Waals surface area (Å²) in [6.45, 7) is -0.683. The summed E-state index contributed by atoms with van der Waals surface area (Å²) in [6.07, 6.45) is -8.95. The SMILES string of the molecule is COc1cc([C@@H]2c3c(cc(OC)c(O)c3O)C[C@@H](CO)[C@@H]2CO[C@H]2O[C@H](C(=O)O)[C@@H](O)[C@H](O)[C@H]2O)cc(OC)c1O. The summed E-state index contributed by atoms with van der Waals surface area (Å²) >= 11 is 0. The molecule has 1 heterocycles. The van der Waals surface area contributed by atoms with E-state index in [0.717, 1.165) is 0 Å². The minimum atomic E-state index is -1.91. The predicted molar refractivity (Wildman–Crippen MR) is 137 cm³/mol. The lowest BCUT2D eigenvalue weighted by Crippen LogP contribution is -2.60. The molecule has 2 aromatic rings. The van der Waals surface area contributed by atoms with Gasteiger partial charge in [0.15, 0.2) is 35.4 Å². The Hall–Kier alpha value is -3.53.